The van der Waals surface area contributed by atoms with Crippen molar-refractivity contribution in [2.45, 2.75) is 13.3 Å². The zero-order valence-corrected chi connectivity index (χ0v) is 12.1. The van der Waals surface area contributed by atoms with Crippen molar-refractivity contribution in [1.82, 2.24) is 14.7 Å². The number of nitrogens with zero attached hydrogens (tertiary/aromatic N) is 3. The number of para-hydroxylation sites is 1. The van der Waals surface area contributed by atoms with E-state index in [0.717, 1.165) is 17.8 Å². The number of aromatic nitrogens is 3. The van der Waals surface area contributed by atoms with Crippen LogP contribution in [0.25, 0.3) is 10.9 Å². The monoisotopic (exact) mass is 281 g/mol. The molecule has 0 N–H and O–H groups in total. The number of fused-ring (bicyclic) bond motifs is 1. The predicted molar refractivity (Wildman–Crippen MR) is 85.0 cm³/mol. The van der Waals surface area contributed by atoms with E-state index in [4.69, 9.17) is 4.84 Å². The van der Waals surface area contributed by atoms with E-state index in [0.29, 0.717) is 6.61 Å². The summed E-state index contributed by atoms with van der Waals surface area (Å²) in [4.78, 5) is 13.5. The summed E-state index contributed by atoms with van der Waals surface area (Å²) in [6, 6.07) is 12.1. The third-order valence-electron chi connectivity index (χ3n) is 2.79. The van der Waals surface area contributed by atoms with E-state index < -0.39 is 0 Å². The van der Waals surface area contributed by atoms with Gasteiger partial charge in [0.05, 0.1) is 11.7 Å². The molecule has 0 atom stereocenters. The molecule has 1 aromatic carbocycles. The summed E-state index contributed by atoms with van der Waals surface area (Å²) in [7, 11) is 0. The molecule has 2 heterocycles. The molecule has 0 aliphatic carbocycles. The Morgan fingerprint density at radius 3 is 2.71 bits per heavy atom. The minimum atomic E-state index is 0.653. The van der Waals surface area contributed by atoms with Crippen molar-refractivity contribution in [3.63, 3.8) is 0 Å². The molecule has 4 nitrogen and oxygen atoms in total. The highest BCUT2D eigenvalue weighted by molar-refractivity contribution is 5.77. The van der Waals surface area contributed by atoms with Crippen molar-refractivity contribution in [3.05, 3.63) is 73.5 Å². The highest BCUT2D eigenvalue weighted by Crippen LogP contribution is 2.07. The Bertz CT molecular complexity index is 626. The van der Waals surface area contributed by atoms with Crippen LogP contribution in [0.2, 0.25) is 0 Å². The Morgan fingerprint density at radius 1 is 1.14 bits per heavy atom. The molecule has 108 valence electrons. The van der Waals surface area contributed by atoms with E-state index >= 15 is 0 Å². The predicted octanol–water partition coefficient (Wildman–Crippen LogP) is 3.29. The number of pyridine rings is 1. The number of allylic oxidation sites excluding steroid dienone is 1. The maximum Gasteiger partial charge on any atom is 0.148 e. The third kappa shape index (κ3) is 4.18. The topological polar surface area (TPSA) is 39.9 Å². The van der Waals surface area contributed by atoms with Gasteiger partial charge in [-0.3, -0.25) is 4.98 Å². The maximum atomic E-state index is 5.24. The van der Waals surface area contributed by atoms with Crippen molar-refractivity contribution in [2.24, 2.45) is 0 Å². The Balaban J connectivity index is 0.000000154. The first-order chi connectivity index (χ1) is 10.3. The summed E-state index contributed by atoms with van der Waals surface area (Å²) in [6.45, 7) is 6.22. The first-order valence-electron chi connectivity index (χ1n) is 6.91. The van der Waals surface area contributed by atoms with Crippen LogP contribution in [0.3, 0.4) is 0 Å². The molecule has 2 aromatic heterocycles. The van der Waals surface area contributed by atoms with Crippen molar-refractivity contribution in [2.75, 3.05) is 6.61 Å². The molecule has 0 radical (unpaired) electrons. The molecule has 21 heavy (non-hydrogen) atoms. The van der Waals surface area contributed by atoms with Crippen LogP contribution in [0.5, 0.6) is 0 Å². The van der Waals surface area contributed by atoms with Crippen molar-refractivity contribution >= 4 is 10.9 Å². The van der Waals surface area contributed by atoms with Crippen LogP contribution in [0, 0.1) is 0 Å². The van der Waals surface area contributed by atoms with Gasteiger partial charge in [0.25, 0.3) is 0 Å². The standard InChI is InChI=1S/C9H7N.C8H12N2O/c1-2-6-9-8(4-1)5-3-7-10-9;1-3-5-8-9-6-7-10(8)11-4-2/h1-7H;3,6-7H,1,4-5H2,2H3. The van der Waals surface area contributed by atoms with E-state index in [1.807, 2.05) is 37.4 Å². The molecule has 0 aliphatic heterocycles. The van der Waals surface area contributed by atoms with E-state index in [9.17, 15) is 0 Å². The van der Waals surface area contributed by atoms with E-state index in [2.05, 4.69) is 28.7 Å². The van der Waals surface area contributed by atoms with Crippen LogP contribution in [0.15, 0.2) is 67.6 Å². The zero-order valence-electron chi connectivity index (χ0n) is 12.1. The maximum absolute atomic E-state index is 5.24. The van der Waals surface area contributed by atoms with Gasteiger partial charge in [0.1, 0.15) is 12.4 Å². The van der Waals surface area contributed by atoms with E-state index in [1.54, 1.807) is 23.2 Å². The normalized spacial score (nSPS) is 9.76. The van der Waals surface area contributed by atoms with Gasteiger partial charge >= 0.3 is 0 Å². The molecule has 0 fully saturated rings. The van der Waals surface area contributed by atoms with Gasteiger partial charge in [0.2, 0.25) is 0 Å². The molecule has 0 unspecified atom stereocenters. The second kappa shape index (κ2) is 7.85. The number of rotatable bonds is 4. The van der Waals surface area contributed by atoms with Crippen LogP contribution in [-0.4, -0.2) is 21.3 Å². The number of imidazole rings is 1. The largest absolute Gasteiger partial charge is 0.413 e. The minimum absolute atomic E-state index is 0.653. The average molecular weight is 281 g/mol. The lowest BCUT2D eigenvalue weighted by molar-refractivity contribution is 0.115. The number of hydrogen-bond acceptors (Lipinski definition) is 3. The Hall–Kier alpha value is -2.62. The molecule has 3 aromatic rings. The first kappa shape index (κ1) is 14.8. The van der Waals surface area contributed by atoms with Gasteiger partial charge in [-0.05, 0) is 19.1 Å². The van der Waals surface area contributed by atoms with Crippen LogP contribution in [0.4, 0.5) is 0 Å². The lowest BCUT2D eigenvalue weighted by atomic mass is 10.2. The summed E-state index contributed by atoms with van der Waals surface area (Å²) in [6.07, 6.45) is 7.87. The quantitative estimate of drug-likeness (QED) is 0.689. The molecule has 3 rings (SSSR count). The lowest BCUT2D eigenvalue weighted by Gasteiger charge is -2.04. The second-order valence-corrected chi connectivity index (χ2v) is 4.28. The van der Waals surface area contributed by atoms with Crippen molar-refractivity contribution < 1.29 is 4.84 Å². The third-order valence-corrected chi connectivity index (χ3v) is 2.79. The summed E-state index contributed by atoms with van der Waals surface area (Å²) in [5.74, 6) is 0.891. The molecule has 0 spiro atoms. The second-order valence-electron chi connectivity index (χ2n) is 4.28. The Kier molecular flexibility index (Phi) is 5.52. The first-order valence-corrected chi connectivity index (χ1v) is 6.91. The summed E-state index contributed by atoms with van der Waals surface area (Å²) in [5.41, 5.74) is 1.06. The molecule has 0 saturated heterocycles. The molecule has 0 saturated carbocycles. The molecule has 0 aliphatic rings. The molecular formula is C17H19N3O. The van der Waals surface area contributed by atoms with E-state index in [1.165, 1.54) is 5.39 Å². The fourth-order valence-electron chi connectivity index (χ4n) is 1.87. The fourth-order valence-corrected chi connectivity index (χ4v) is 1.87. The number of benzene rings is 1. The zero-order chi connectivity index (χ0) is 14.9. The highest BCUT2D eigenvalue weighted by Gasteiger charge is 1.98. The molecule has 4 heteroatoms. The van der Waals surface area contributed by atoms with Gasteiger partial charge in [-0.25, -0.2) is 4.98 Å². The SMILES string of the molecule is C=CCc1nccn1OCC.c1ccc2ncccc2c1. The molecular weight excluding hydrogens is 262 g/mol. The van der Waals surface area contributed by atoms with Crippen LogP contribution in [0.1, 0.15) is 12.7 Å². The number of hydrogen-bond donors (Lipinski definition) is 0. The van der Waals surface area contributed by atoms with E-state index in [-0.39, 0.29) is 0 Å². The van der Waals surface area contributed by atoms with Crippen molar-refractivity contribution in [1.29, 1.82) is 0 Å². The van der Waals surface area contributed by atoms with Gasteiger partial charge < -0.3 is 4.84 Å². The van der Waals surface area contributed by atoms with Gasteiger partial charge in [0.15, 0.2) is 0 Å². The Morgan fingerprint density at radius 2 is 1.95 bits per heavy atom. The van der Waals surface area contributed by atoms with Crippen LogP contribution < -0.4 is 4.84 Å². The smallest absolute Gasteiger partial charge is 0.148 e. The highest BCUT2D eigenvalue weighted by atomic mass is 16.7. The molecule has 0 amide bonds. The minimum Gasteiger partial charge on any atom is -0.413 e. The van der Waals surface area contributed by atoms with Crippen LogP contribution >= 0.6 is 0 Å². The lowest BCUT2D eigenvalue weighted by Crippen LogP contribution is -2.12. The molecule has 0 bridgehead atoms. The summed E-state index contributed by atoms with van der Waals surface area (Å²) >= 11 is 0. The van der Waals surface area contributed by atoms with Crippen LogP contribution in [-0.2, 0) is 6.42 Å². The van der Waals surface area contributed by atoms with Crippen molar-refractivity contribution in [3.8, 4) is 0 Å². The van der Waals surface area contributed by atoms with Gasteiger partial charge in [0, 0.05) is 24.2 Å². The fraction of sp³-hybridized carbons (Fsp3) is 0.176. The van der Waals surface area contributed by atoms with Gasteiger partial charge in [-0.1, -0.05) is 30.3 Å². The van der Waals surface area contributed by atoms with Gasteiger partial charge in [-0.15, -0.1) is 6.58 Å². The Labute approximate surface area is 124 Å². The van der Waals surface area contributed by atoms with Gasteiger partial charge in [-0.2, -0.15) is 4.73 Å². The average Bonchev–Trinajstić information content (AvgIpc) is 2.96. The summed E-state index contributed by atoms with van der Waals surface area (Å²) in [5, 5.41) is 1.20. The summed E-state index contributed by atoms with van der Waals surface area (Å²) < 4.78 is 1.67.